The van der Waals surface area contributed by atoms with Crippen LogP contribution in [-0.4, -0.2) is 0 Å². The van der Waals surface area contributed by atoms with Crippen LogP contribution in [0.4, 0.5) is 22.0 Å². The molecule has 0 saturated heterocycles. The molecule has 0 aliphatic rings. The Kier molecular flexibility index (Phi) is 14.0. The van der Waals surface area contributed by atoms with Crippen molar-refractivity contribution in [2.75, 3.05) is 0 Å². The number of benzene rings is 1. The van der Waals surface area contributed by atoms with Gasteiger partial charge >= 0.3 is 0 Å². The van der Waals surface area contributed by atoms with E-state index in [-0.39, 0.29) is 6.42 Å². The van der Waals surface area contributed by atoms with Crippen LogP contribution in [0.25, 0.3) is 0 Å². The summed E-state index contributed by atoms with van der Waals surface area (Å²) in [5, 5.41) is 0. The Morgan fingerprint density at radius 1 is 0.379 bits per heavy atom. The second kappa shape index (κ2) is 15.7. The highest BCUT2D eigenvalue weighted by Crippen LogP contribution is 2.24. The van der Waals surface area contributed by atoms with Gasteiger partial charge < -0.3 is 0 Å². The van der Waals surface area contributed by atoms with Gasteiger partial charge in [-0.15, -0.1) is 0 Å². The first kappa shape index (κ1) is 25.9. The van der Waals surface area contributed by atoms with Gasteiger partial charge in [-0.2, -0.15) is 0 Å². The zero-order chi connectivity index (χ0) is 21.5. The fourth-order valence-electron chi connectivity index (χ4n) is 3.72. The first-order valence-corrected chi connectivity index (χ1v) is 11.5. The molecular weight excluding hydrogens is 383 g/mol. The normalized spacial score (nSPS) is 11.4. The molecule has 168 valence electrons. The molecule has 0 atom stereocenters. The van der Waals surface area contributed by atoms with Crippen molar-refractivity contribution < 1.29 is 22.0 Å². The third-order valence-corrected chi connectivity index (χ3v) is 5.58. The highest BCUT2D eigenvalue weighted by Gasteiger charge is 2.24. The summed E-state index contributed by atoms with van der Waals surface area (Å²) in [7, 11) is 0. The standard InChI is InChI=1S/C24H37F5/c1-2-3-4-5-6-7-8-9-10-11-12-13-14-15-16-17-18-19-20(25)22(27)24(29)23(28)21(19)26/h2-18H2,1H3. The van der Waals surface area contributed by atoms with Gasteiger partial charge in [-0.1, -0.05) is 103 Å². The number of hydrogen-bond acceptors (Lipinski definition) is 0. The van der Waals surface area contributed by atoms with E-state index in [2.05, 4.69) is 6.92 Å². The van der Waals surface area contributed by atoms with Crippen LogP contribution >= 0.6 is 0 Å². The van der Waals surface area contributed by atoms with Gasteiger partial charge in [0.2, 0.25) is 5.82 Å². The first-order chi connectivity index (χ1) is 14.0. The minimum absolute atomic E-state index is 0.121. The molecule has 0 amide bonds. The minimum atomic E-state index is -2.09. The van der Waals surface area contributed by atoms with Gasteiger partial charge in [0, 0.05) is 5.56 Å². The smallest absolute Gasteiger partial charge is 0.200 e. The van der Waals surface area contributed by atoms with E-state index in [1.165, 1.54) is 70.6 Å². The van der Waals surface area contributed by atoms with E-state index in [4.69, 9.17) is 0 Å². The lowest BCUT2D eigenvalue weighted by molar-refractivity contribution is 0.368. The van der Waals surface area contributed by atoms with Gasteiger partial charge in [0.05, 0.1) is 0 Å². The van der Waals surface area contributed by atoms with Gasteiger partial charge in [-0.3, -0.25) is 0 Å². The fourth-order valence-corrected chi connectivity index (χ4v) is 3.72. The van der Waals surface area contributed by atoms with Crippen LogP contribution in [0.1, 0.15) is 115 Å². The van der Waals surface area contributed by atoms with Crippen LogP contribution in [0, 0.1) is 29.1 Å². The Morgan fingerprint density at radius 2 is 0.655 bits per heavy atom. The summed E-state index contributed by atoms with van der Waals surface area (Å²) >= 11 is 0. The van der Waals surface area contributed by atoms with Crippen LogP contribution in [0.5, 0.6) is 0 Å². The van der Waals surface area contributed by atoms with Gasteiger partial charge in [-0.05, 0) is 12.8 Å². The summed E-state index contributed by atoms with van der Waals surface area (Å²) in [5.74, 6) is -9.17. The summed E-state index contributed by atoms with van der Waals surface area (Å²) < 4.78 is 66.5. The number of hydrogen-bond donors (Lipinski definition) is 0. The SMILES string of the molecule is CCCCCCCCCCCCCCCCCCc1c(F)c(F)c(F)c(F)c1F. The molecule has 1 aromatic rings. The molecule has 29 heavy (non-hydrogen) atoms. The topological polar surface area (TPSA) is 0 Å². The molecular formula is C24H37F5. The van der Waals surface area contributed by atoms with Crippen molar-refractivity contribution in [3.63, 3.8) is 0 Å². The molecule has 0 unspecified atom stereocenters. The quantitative estimate of drug-likeness (QED) is 0.102. The largest absolute Gasteiger partial charge is 0.203 e. The lowest BCUT2D eigenvalue weighted by Crippen LogP contribution is -2.07. The molecule has 1 aromatic carbocycles. The summed E-state index contributed by atoms with van der Waals surface area (Å²) in [6.07, 6.45) is 18.7. The number of rotatable bonds is 17. The number of halogens is 5. The summed E-state index contributed by atoms with van der Waals surface area (Å²) in [6.45, 7) is 2.24. The lowest BCUT2D eigenvalue weighted by atomic mass is 10.0. The number of unbranched alkanes of at least 4 members (excludes halogenated alkanes) is 15. The summed E-state index contributed by atoms with van der Waals surface area (Å²) in [6, 6.07) is 0. The van der Waals surface area contributed by atoms with Crippen molar-refractivity contribution in [2.45, 2.75) is 116 Å². The molecule has 1 rings (SSSR count). The molecule has 0 N–H and O–H groups in total. The molecule has 0 spiro atoms. The lowest BCUT2D eigenvalue weighted by Gasteiger charge is -2.08. The molecule has 0 bridgehead atoms. The van der Waals surface area contributed by atoms with E-state index in [0.717, 1.165) is 25.7 Å². The van der Waals surface area contributed by atoms with Crippen LogP contribution in [-0.2, 0) is 6.42 Å². The fraction of sp³-hybridized carbons (Fsp3) is 0.750. The van der Waals surface area contributed by atoms with Gasteiger partial charge in [0.1, 0.15) is 0 Å². The monoisotopic (exact) mass is 420 g/mol. The van der Waals surface area contributed by atoms with Crippen molar-refractivity contribution in [1.82, 2.24) is 0 Å². The maximum Gasteiger partial charge on any atom is 0.200 e. The Hall–Kier alpha value is -1.13. The Balaban J connectivity index is 1.98. The van der Waals surface area contributed by atoms with E-state index in [0.29, 0.717) is 6.42 Å². The van der Waals surface area contributed by atoms with Gasteiger partial charge in [0.15, 0.2) is 23.3 Å². The maximum atomic E-state index is 13.6. The van der Waals surface area contributed by atoms with E-state index >= 15 is 0 Å². The van der Waals surface area contributed by atoms with Crippen molar-refractivity contribution in [1.29, 1.82) is 0 Å². The van der Waals surface area contributed by atoms with Gasteiger partial charge in [-0.25, -0.2) is 22.0 Å². The average Bonchev–Trinajstić information content (AvgIpc) is 2.72. The molecule has 0 aromatic heterocycles. The summed E-state index contributed by atoms with van der Waals surface area (Å²) in [5.41, 5.74) is -0.688. The zero-order valence-electron chi connectivity index (χ0n) is 17.9. The van der Waals surface area contributed by atoms with Crippen molar-refractivity contribution in [3.8, 4) is 0 Å². The molecule has 5 heteroatoms. The maximum absolute atomic E-state index is 13.6. The van der Waals surface area contributed by atoms with Crippen LogP contribution in [0.3, 0.4) is 0 Å². The minimum Gasteiger partial charge on any atom is -0.203 e. The second-order valence-electron chi connectivity index (χ2n) is 8.10. The summed E-state index contributed by atoms with van der Waals surface area (Å²) in [4.78, 5) is 0. The average molecular weight is 421 g/mol. The zero-order valence-corrected chi connectivity index (χ0v) is 17.9. The van der Waals surface area contributed by atoms with Crippen LogP contribution in [0.15, 0.2) is 0 Å². The Morgan fingerprint density at radius 3 is 1.00 bits per heavy atom. The first-order valence-electron chi connectivity index (χ1n) is 11.5. The van der Waals surface area contributed by atoms with E-state index in [1.807, 2.05) is 0 Å². The Labute approximate surface area is 173 Å². The molecule has 0 heterocycles. The predicted octanol–water partition coefficient (Wildman–Crippen LogP) is 9.19. The highest BCUT2D eigenvalue weighted by molar-refractivity contribution is 5.24. The molecule has 0 aliphatic heterocycles. The van der Waals surface area contributed by atoms with Crippen LogP contribution in [0.2, 0.25) is 0 Å². The van der Waals surface area contributed by atoms with Crippen LogP contribution < -0.4 is 0 Å². The predicted molar refractivity (Wildman–Crippen MR) is 109 cm³/mol. The molecule has 0 radical (unpaired) electrons. The third kappa shape index (κ3) is 9.95. The van der Waals surface area contributed by atoms with Crippen molar-refractivity contribution in [2.24, 2.45) is 0 Å². The second-order valence-corrected chi connectivity index (χ2v) is 8.10. The molecule has 0 fully saturated rings. The van der Waals surface area contributed by atoms with Crippen molar-refractivity contribution in [3.05, 3.63) is 34.6 Å². The highest BCUT2D eigenvalue weighted by atomic mass is 19.2. The van der Waals surface area contributed by atoms with E-state index in [1.54, 1.807) is 0 Å². The molecule has 0 saturated carbocycles. The van der Waals surface area contributed by atoms with Gasteiger partial charge in [0.25, 0.3) is 0 Å². The Bertz CT molecular complexity index is 542. The molecule has 0 nitrogen and oxygen atoms in total. The molecule has 0 aliphatic carbocycles. The van der Waals surface area contributed by atoms with Crippen molar-refractivity contribution >= 4 is 0 Å². The third-order valence-electron chi connectivity index (χ3n) is 5.58. The van der Waals surface area contributed by atoms with E-state index in [9.17, 15) is 22.0 Å². The van der Waals surface area contributed by atoms with E-state index < -0.39 is 34.6 Å².